The van der Waals surface area contributed by atoms with Crippen LogP contribution >= 0.6 is 34.8 Å². The van der Waals surface area contributed by atoms with Gasteiger partial charge in [-0.05, 0) is 0 Å². The van der Waals surface area contributed by atoms with Crippen LogP contribution in [-0.2, 0) is 38.9 Å². The molecule has 6 heteroatoms. The van der Waals surface area contributed by atoms with E-state index in [0.717, 1.165) is 0 Å². The van der Waals surface area contributed by atoms with Crippen molar-refractivity contribution in [2.45, 2.75) is 3.79 Å². The van der Waals surface area contributed by atoms with Crippen LogP contribution in [0.5, 0.6) is 0 Å². The van der Waals surface area contributed by atoms with Crippen molar-refractivity contribution in [3.8, 4) is 0 Å². The van der Waals surface area contributed by atoms with Crippen LogP contribution in [0.15, 0.2) is 0 Å². The molecular formula is C2HCl3FeMnO. The van der Waals surface area contributed by atoms with E-state index in [0.29, 0.717) is 0 Å². The van der Waals surface area contributed by atoms with Crippen molar-refractivity contribution in [1.82, 2.24) is 0 Å². The maximum absolute atomic E-state index is 9.43. The first-order valence-corrected chi connectivity index (χ1v) is 2.23. The summed E-state index contributed by atoms with van der Waals surface area (Å²) < 4.78 is -1.72. The minimum Gasteiger partial charge on any atom is -0.299 e. The van der Waals surface area contributed by atoms with E-state index in [2.05, 4.69) is 0 Å². The van der Waals surface area contributed by atoms with Crippen LogP contribution in [0.4, 0.5) is 0 Å². The normalized spacial score (nSPS) is 8.38. The number of carbonyl (C=O) groups excluding carboxylic acids is 1. The molecule has 0 saturated heterocycles. The fourth-order valence-corrected chi connectivity index (χ4v) is 0. The molecular weight excluding hydrogens is 257 g/mol. The van der Waals surface area contributed by atoms with Crippen molar-refractivity contribution in [3.05, 3.63) is 0 Å². The Kier molecular flexibility index (Phi) is 13.6. The monoisotopic (exact) mass is 257 g/mol. The summed E-state index contributed by atoms with van der Waals surface area (Å²) in [6, 6.07) is 0. The van der Waals surface area contributed by atoms with E-state index in [1.165, 1.54) is 0 Å². The zero-order valence-corrected chi connectivity index (χ0v) is 7.90. The molecule has 0 N–H and O–H groups in total. The minimum absolute atomic E-state index is 0. The molecule has 0 aliphatic heterocycles. The van der Waals surface area contributed by atoms with Gasteiger partial charge in [-0.25, -0.2) is 0 Å². The molecule has 1 radical (unpaired) electrons. The maximum atomic E-state index is 9.43. The Morgan fingerprint density at radius 2 is 1.38 bits per heavy atom. The van der Waals surface area contributed by atoms with Crippen molar-refractivity contribution in [2.24, 2.45) is 0 Å². The van der Waals surface area contributed by atoms with Crippen LogP contribution in [0, 0.1) is 0 Å². The van der Waals surface area contributed by atoms with E-state index in [4.69, 9.17) is 34.8 Å². The summed E-state index contributed by atoms with van der Waals surface area (Å²) in [5.41, 5.74) is 0. The first-order valence-electron chi connectivity index (χ1n) is 1.09. The first kappa shape index (κ1) is 16.3. The Balaban J connectivity index is -0.000000125. The Morgan fingerprint density at radius 1 is 1.25 bits per heavy atom. The minimum atomic E-state index is -1.72. The summed E-state index contributed by atoms with van der Waals surface area (Å²) in [4.78, 5) is 9.43. The van der Waals surface area contributed by atoms with Gasteiger partial charge >= 0.3 is 0 Å². The number of halogens is 3. The summed E-state index contributed by atoms with van der Waals surface area (Å²) in [6.45, 7) is 0. The molecule has 51 valence electrons. The van der Waals surface area contributed by atoms with Gasteiger partial charge in [0.1, 0.15) is 0 Å². The zero-order chi connectivity index (χ0) is 5.21. The van der Waals surface area contributed by atoms with Gasteiger partial charge in [-0.3, -0.25) is 4.79 Å². The predicted molar refractivity (Wildman–Crippen MR) is 26.4 cm³/mol. The third-order valence-electron chi connectivity index (χ3n) is 0.134. The topological polar surface area (TPSA) is 17.1 Å². The molecule has 0 aromatic rings. The van der Waals surface area contributed by atoms with Gasteiger partial charge in [0.15, 0.2) is 6.29 Å². The summed E-state index contributed by atoms with van der Waals surface area (Å²) in [5, 5.41) is 0. The molecule has 0 rings (SSSR count). The molecule has 0 spiro atoms. The van der Waals surface area contributed by atoms with E-state index in [1.807, 2.05) is 0 Å². The van der Waals surface area contributed by atoms with E-state index < -0.39 is 3.79 Å². The van der Waals surface area contributed by atoms with Crippen LogP contribution < -0.4 is 0 Å². The van der Waals surface area contributed by atoms with E-state index in [9.17, 15) is 4.79 Å². The number of aldehydes is 1. The van der Waals surface area contributed by atoms with Crippen molar-refractivity contribution in [3.63, 3.8) is 0 Å². The van der Waals surface area contributed by atoms with Gasteiger partial charge in [-0.1, -0.05) is 34.8 Å². The number of rotatable bonds is 0. The molecule has 0 aliphatic rings. The second kappa shape index (κ2) is 6.70. The summed E-state index contributed by atoms with van der Waals surface area (Å²) in [7, 11) is 0. The van der Waals surface area contributed by atoms with Crippen molar-refractivity contribution in [2.75, 3.05) is 0 Å². The molecule has 0 heterocycles. The maximum Gasteiger partial charge on any atom is 0.245 e. The van der Waals surface area contributed by atoms with Crippen molar-refractivity contribution < 1.29 is 38.9 Å². The van der Waals surface area contributed by atoms with Crippen LogP contribution in [0.3, 0.4) is 0 Å². The molecule has 0 unspecified atom stereocenters. The van der Waals surface area contributed by atoms with Crippen molar-refractivity contribution in [1.29, 1.82) is 0 Å². The molecule has 8 heavy (non-hydrogen) atoms. The van der Waals surface area contributed by atoms with Crippen molar-refractivity contribution >= 4 is 41.1 Å². The van der Waals surface area contributed by atoms with E-state index in [-0.39, 0.29) is 40.4 Å². The SMILES string of the molecule is O=CC(Cl)(Cl)Cl.[Fe].[Mn]. The second-order valence-electron chi connectivity index (χ2n) is 0.659. The molecule has 1 nitrogen and oxygen atoms in total. The van der Waals surface area contributed by atoms with Gasteiger partial charge in [0, 0.05) is 34.1 Å². The average Bonchev–Trinajstić information content (AvgIpc) is 1.35. The van der Waals surface area contributed by atoms with Crippen LogP contribution in [0.1, 0.15) is 0 Å². The largest absolute Gasteiger partial charge is 0.299 e. The number of alkyl halides is 3. The van der Waals surface area contributed by atoms with Gasteiger partial charge in [0.05, 0.1) is 0 Å². The van der Waals surface area contributed by atoms with Gasteiger partial charge < -0.3 is 0 Å². The average molecular weight is 258 g/mol. The van der Waals surface area contributed by atoms with Crippen LogP contribution in [-0.4, -0.2) is 10.1 Å². The van der Waals surface area contributed by atoms with Crippen LogP contribution in [0.2, 0.25) is 0 Å². The predicted octanol–water partition coefficient (Wildman–Crippen LogP) is 1.55. The fourth-order valence-electron chi connectivity index (χ4n) is 0. The van der Waals surface area contributed by atoms with E-state index >= 15 is 0 Å². The van der Waals surface area contributed by atoms with Crippen LogP contribution in [0.25, 0.3) is 0 Å². The third-order valence-corrected chi connectivity index (χ3v) is 0.401. The van der Waals surface area contributed by atoms with Gasteiger partial charge in [0.2, 0.25) is 3.79 Å². The smallest absolute Gasteiger partial charge is 0.245 e. The molecule has 0 aromatic carbocycles. The van der Waals surface area contributed by atoms with Gasteiger partial charge in [0.25, 0.3) is 0 Å². The fraction of sp³-hybridized carbons (Fsp3) is 0.500. The summed E-state index contributed by atoms with van der Waals surface area (Å²) in [6.07, 6.45) is 0.234. The Morgan fingerprint density at radius 3 is 1.38 bits per heavy atom. The molecule has 0 aliphatic carbocycles. The summed E-state index contributed by atoms with van der Waals surface area (Å²) >= 11 is 14.6. The third kappa shape index (κ3) is 15.6. The number of carbonyl (C=O) groups is 1. The molecule has 0 bridgehead atoms. The molecule has 0 amide bonds. The summed E-state index contributed by atoms with van der Waals surface area (Å²) in [5.74, 6) is 0. The molecule has 0 atom stereocenters. The van der Waals surface area contributed by atoms with E-state index in [1.54, 1.807) is 0 Å². The first-order chi connectivity index (χ1) is 2.56. The second-order valence-corrected chi connectivity index (χ2v) is 3.03. The van der Waals surface area contributed by atoms with Gasteiger partial charge in [-0.2, -0.15) is 0 Å². The standard InChI is InChI=1S/C2HCl3O.Fe.Mn/c3-2(4,5)1-6;;/h1H;;. The Hall–Kier alpha value is 1.58. The number of hydrogen-bond acceptors (Lipinski definition) is 1. The Labute approximate surface area is 83.4 Å². The zero-order valence-electron chi connectivity index (χ0n) is 3.35. The van der Waals surface area contributed by atoms with Gasteiger partial charge in [-0.15, -0.1) is 0 Å². The molecule has 0 saturated carbocycles. The Bertz CT molecular complexity index is 62.8. The molecule has 0 fully saturated rings. The number of hydrogen-bond donors (Lipinski definition) is 0. The molecule has 0 aromatic heterocycles. The quantitative estimate of drug-likeness (QED) is 0.366.